The summed E-state index contributed by atoms with van der Waals surface area (Å²) in [5.41, 5.74) is 2.95. The van der Waals surface area contributed by atoms with Gasteiger partial charge in [0.25, 0.3) is 5.91 Å². The maximum absolute atomic E-state index is 13.7. The molecular weight excluding hydrogens is 367 g/mol. The molecule has 0 aliphatic heterocycles. The SMILES string of the molecule is Cc1cc(C(=O)NCc2ccccc2F)nc(Nc2cc(Cl)ccc2C)n1. The Morgan fingerprint density at radius 2 is 1.89 bits per heavy atom. The molecule has 0 fully saturated rings. The minimum absolute atomic E-state index is 0.0741. The highest BCUT2D eigenvalue weighted by atomic mass is 35.5. The molecule has 5 nitrogen and oxygen atoms in total. The molecule has 0 spiro atoms. The van der Waals surface area contributed by atoms with Crippen molar-refractivity contribution in [2.24, 2.45) is 0 Å². The fourth-order valence-corrected chi connectivity index (χ4v) is 2.67. The van der Waals surface area contributed by atoms with Crippen LogP contribution in [0.2, 0.25) is 5.02 Å². The summed E-state index contributed by atoms with van der Waals surface area (Å²) in [5, 5.41) is 6.34. The molecule has 2 aromatic carbocycles. The number of rotatable bonds is 5. The average Bonchev–Trinajstić information content (AvgIpc) is 2.63. The zero-order valence-corrected chi connectivity index (χ0v) is 15.6. The molecule has 138 valence electrons. The van der Waals surface area contributed by atoms with Gasteiger partial charge in [0.15, 0.2) is 0 Å². The largest absolute Gasteiger partial charge is 0.347 e. The van der Waals surface area contributed by atoms with Gasteiger partial charge in [0.1, 0.15) is 11.5 Å². The standard InChI is InChI=1S/C20H18ClFN4O/c1-12-7-8-15(21)10-17(12)25-20-24-13(2)9-18(26-20)19(27)23-11-14-5-3-4-6-16(14)22/h3-10H,11H2,1-2H3,(H,23,27)(H,24,25,26). The van der Waals surface area contributed by atoms with Gasteiger partial charge in [-0.05, 0) is 43.7 Å². The van der Waals surface area contributed by atoms with Gasteiger partial charge in [-0.2, -0.15) is 0 Å². The summed E-state index contributed by atoms with van der Waals surface area (Å²) in [6, 6.07) is 13.3. The predicted octanol–water partition coefficient (Wildman–Crippen LogP) is 4.56. The van der Waals surface area contributed by atoms with E-state index in [0.29, 0.717) is 16.3 Å². The van der Waals surface area contributed by atoms with E-state index in [1.807, 2.05) is 13.0 Å². The molecular formula is C20H18ClFN4O. The van der Waals surface area contributed by atoms with E-state index in [1.165, 1.54) is 6.07 Å². The van der Waals surface area contributed by atoms with Crippen molar-refractivity contribution in [3.63, 3.8) is 0 Å². The summed E-state index contributed by atoms with van der Waals surface area (Å²) in [4.78, 5) is 21.0. The van der Waals surface area contributed by atoms with Crippen LogP contribution >= 0.6 is 11.6 Å². The van der Waals surface area contributed by atoms with E-state index in [2.05, 4.69) is 20.6 Å². The highest BCUT2D eigenvalue weighted by Gasteiger charge is 2.12. The second-order valence-corrected chi connectivity index (χ2v) is 6.51. The van der Waals surface area contributed by atoms with E-state index < -0.39 is 5.91 Å². The Morgan fingerprint density at radius 1 is 1.11 bits per heavy atom. The van der Waals surface area contributed by atoms with Crippen molar-refractivity contribution < 1.29 is 9.18 Å². The second-order valence-electron chi connectivity index (χ2n) is 6.08. The van der Waals surface area contributed by atoms with E-state index in [0.717, 1.165) is 11.3 Å². The van der Waals surface area contributed by atoms with Crippen molar-refractivity contribution in [2.75, 3.05) is 5.32 Å². The molecule has 0 saturated heterocycles. The molecule has 2 N–H and O–H groups in total. The van der Waals surface area contributed by atoms with Gasteiger partial charge in [-0.25, -0.2) is 14.4 Å². The summed E-state index contributed by atoms with van der Waals surface area (Å²) in [6.45, 7) is 3.77. The van der Waals surface area contributed by atoms with Crippen LogP contribution in [0.25, 0.3) is 0 Å². The molecule has 0 atom stereocenters. The zero-order chi connectivity index (χ0) is 19.4. The lowest BCUT2D eigenvalue weighted by Crippen LogP contribution is -2.25. The quantitative estimate of drug-likeness (QED) is 0.676. The summed E-state index contributed by atoms with van der Waals surface area (Å²) < 4.78 is 13.7. The third kappa shape index (κ3) is 4.80. The summed E-state index contributed by atoms with van der Waals surface area (Å²) >= 11 is 6.03. The van der Waals surface area contributed by atoms with Crippen LogP contribution in [0.3, 0.4) is 0 Å². The highest BCUT2D eigenvalue weighted by Crippen LogP contribution is 2.23. The van der Waals surface area contributed by atoms with Gasteiger partial charge in [-0.1, -0.05) is 35.9 Å². The van der Waals surface area contributed by atoms with Gasteiger partial charge < -0.3 is 10.6 Å². The number of amides is 1. The third-order valence-electron chi connectivity index (χ3n) is 3.93. The van der Waals surface area contributed by atoms with Crippen molar-refractivity contribution in [2.45, 2.75) is 20.4 Å². The average molecular weight is 385 g/mol. The third-order valence-corrected chi connectivity index (χ3v) is 4.17. The van der Waals surface area contributed by atoms with Crippen molar-refractivity contribution in [1.29, 1.82) is 0 Å². The van der Waals surface area contributed by atoms with Crippen LogP contribution < -0.4 is 10.6 Å². The minimum atomic E-state index is -0.408. The van der Waals surface area contributed by atoms with Gasteiger partial charge in [0.05, 0.1) is 0 Å². The number of hydrogen-bond donors (Lipinski definition) is 2. The van der Waals surface area contributed by atoms with Gasteiger partial charge in [0, 0.05) is 28.5 Å². The zero-order valence-electron chi connectivity index (χ0n) is 14.9. The Bertz CT molecular complexity index is 993. The Kier molecular flexibility index (Phi) is 5.66. The first-order chi connectivity index (χ1) is 12.9. The normalized spacial score (nSPS) is 10.5. The first-order valence-electron chi connectivity index (χ1n) is 8.33. The molecule has 0 bridgehead atoms. The predicted molar refractivity (Wildman–Crippen MR) is 104 cm³/mol. The molecule has 27 heavy (non-hydrogen) atoms. The fraction of sp³-hybridized carbons (Fsp3) is 0.150. The maximum atomic E-state index is 13.7. The van der Waals surface area contributed by atoms with Crippen LogP contribution in [0.1, 0.15) is 27.3 Å². The monoisotopic (exact) mass is 384 g/mol. The lowest BCUT2D eigenvalue weighted by atomic mass is 10.2. The first-order valence-corrected chi connectivity index (χ1v) is 8.70. The molecule has 1 amide bonds. The number of carbonyl (C=O) groups excluding carboxylic acids is 1. The molecule has 0 aliphatic rings. The van der Waals surface area contributed by atoms with Crippen molar-refractivity contribution >= 4 is 29.1 Å². The molecule has 0 saturated carbocycles. The van der Waals surface area contributed by atoms with Crippen LogP contribution in [-0.4, -0.2) is 15.9 Å². The Morgan fingerprint density at radius 3 is 2.67 bits per heavy atom. The molecule has 1 aromatic heterocycles. The maximum Gasteiger partial charge on any atom is 0.270 e. The Balaban J connectivity index is 1.77. The van der Waals surface area contributed by atoms with Gasteiger partial charge in [-0.3, -0.25) is 4.79 Å². The van der Waals surface area contributed by atoms with E-state index in [-0.39, 0.29) is 24.0 Å². The number of nitrogens with one attached hydrogen (secondary N) is 2. The molecule has 1 heterocycles. The van der Waals surface area contributed by atoms with Crippen molar-refractivity contribution in [3.05, 3.63) is 81.9 Å². The second kappa shape index (κ2) is 8.14. The molecule has 0 unspecified atom stereocenters. The van der Waals surface area contributed by atoms with Crippen molar-refractivity contribution in [1.82, 2.24) is 15.3 Å². The lowest BCUT2D eigenvalue weighted by Gasteiger charge is -2.11. The molecule has 0 radical (unpaired) electrons. The molecule has 3 rings (SSSR count). The number of hydrogen-bond acceptors (Lipinski definition) is 4. The van der Waals surface area contributed by atoms with E-state index in [4.69, 9.17) is 11.6 Å². The number of benzene rings is 2. The van der Waals surface area contributed by atoms with Gasteiger partial charge in [-0.15, -0.1) is 0 Å². The van der Waals surface area contributed by atoms with E-state index in [9.17, 15) is 9.18 Å². The van der Waals surface area contributed by atoms with Gasteiger partial charge in [0.2, 0.25) is 5.95 Å². The van der Waals surface area contributed by atoms with Crippen LogP contribution in [0.15, 0.2) is 48.5 Å². The summed E-state index contributed by atoms with van der Waals surface area (Å²) in [5.74, 6) is -0.485. The number of aromatic nitrogens is 2. The van der Waals surface area contributed by atoms with E-state index in [1.54, 1.807) is 43.3 Å². The van der Waals surface area contributed by atoms with Crippen LogP contribution in [0.4, 0.5) is 16.0 Å². The number of halogens is 2. The van der Waals surface area contributed by atoms with Crippen LogP contribution in [-0.2, 0) is 6.54 Å². The Hall–Kier alpha value is -2.99. The summed E-state index contributed by atoms with van der Waals surface area (Å²) in [6.07, 6.45) is 0. The smallest absolute Gasteiger partial charge is 0.270 e. The number of nitrogens with zero attached hydrogens (tertiary/aromatic N) is 2. The summed E-state index contributed by atoms with van der Waals surface area (Å²) in [7, 11) is 0. The fourth-order valence-electron chi connectivity index (χ4n) is 2.50. The Labute approximate surface area is 161 Å². The van der Waals surface area contributed by atoms with Gasteiger partial charge >= 0.3 is 0 Å². The first kappa shape index (κ1) is 18.8. The van der Waals surface area contributed by atoms with Crippen LogP contribution in [0.5, 0.6) is 0 Å². The number of anilines is 2. The topological polar surface area (TPSA) is 66.9 Å². The number of aryl methyl sites for hydroxylation is 2. The lowest BCUT2D eigenvalue weighted by molar-refractivity contribution is 0.0945. The molecule has 0 aliphatic carbocycles. The molecule has 3 aromatic rings. The molecule has 7 heteroatoms. The highest BCUT2D eigenvalue weighted by molar-refractivity contribution is 6.30. The van der Waals surface area contributed by atoms with Crippen molar-refractivity contribution in [3.8, 4) is 0 Å². The minimum Gasteiger partial charge on any atom is -0.347 e. The van der Waals surface area contributed by atoms with E-state index >= 15 is 0 Å². The van der Waals surface area contributed by atoms with Crippen LogP contribution in [0, 0.1) is 19.7 Å². The number of carbonyl (C=O) groups is 1.